The van der Waals surface area contributed by atoms with Crippen LogP contribution in [-0.4, -0.2) is 11.9 Å². The quantitative estimate of drug-likeness (QED) is 0.524. The molecular formula is C10H20O2. The molecule has 1 unspecified atom stereocenters. The van der Waals surface area contributed by atoms with Gasteiger partial charge in [0.05, 0.1) is 6.61 Å². The SMILES string of the molecule is CC1CCC(C(C)COO)CC1. The van der Waals surface area contributed by atoms with Gasteiger partial charge in [-0.05, 0) is 30.6 Å². The van der Waals surface area contributed by atoms with Crippen LogP contribution >= 0.6 is 0 Å². The second-order valence-corrected chi connectivity index (χ2v) is 4.29. The summed E-state index contributed by atoms with van der Waals surface area (Å²) in [4.78, 5) is 4.18. The Kier molecular flexibility index (Phi) is 4.02. The zero-order valence-corrected chi connectivity index (χ0v) is 8.12. The first-order chi connectivity index (χ1) is 5.74. The molecule has 1 fully saturated rings. The zero-order chi connectivity index (χ0) is 8.97. The first kappa shape index (κ1) is 10.0. The minimum Gasteiger partial charge on any atom is -0.252 e. The Morgan fingerprint density at radius 2 is 1.92 bits per heavy atom. The van der Waals surface area contributed by atoms with Crippen molar-refractivity contribution in [1.82, 2.24) is 0 Å². The summed E-state index contributed by atoms with van der Waals surface area (Å²) in [5.74, 6) is 2.19. The molecule has 0 aromatic carbocycles. The minimum atomic E-state index is 0.499. The van der Waals surface area contributed by atoms with E-state index in [1.54, 1.807) is 0 Å². The molecule has 2 heteroatoms. The molecule has 0 radical (unpaired) electrons. The fourth-order valence-corrected chi connectivity index (χ4v) is 2.11. The Balaban J connectivity index is 2.24. The van der Waals surface area contributed by atoms with E-state index < -0.39 is 0 Å². The lowest BCUT2D eigenvalue weighted by molar-refractivity contribution is -0.253. The van der Waals surface area contributed by atoms with Crippen molar-refractivity contribution in [2.24, 2.45) is 17.8 Å². The summed E-state index contributed by atoms with van der Waals surface area (Å²) < 4.78 is 0. The summed E-state index contributed by atoms with van der Waals surface area (Å²) in [5, 5.41) is 8.32. The Labute approximate surface area is 74.9 Å². The van der Waals surface area contributed by atoms with Crippen LogP contribution in [0.5, 0.6) is 0 Å². The van der Waals surface area contributed by atoms with Gasteiger partial charge in [0.2, 0.25) is 0 Å². The standard InChI is InChI=1S/C10H20O2/c1-8-3-5-10(6-4-8)9(2)7-12-11/h8-11H,3-7H2,1-2H3. The highest BCUT2D eigenvalue weighted by Gasteiger charge is 2.23. The lowest BCUT2D eigenvalue weighted by Gasteiger charge is -2.29. The Hall–Kier alpha value is -0.0800. The van der Waals surface area contributed by atoms with Gasteiger partial charge in [-0.1, -0.05) is 26.7 Å². The second kappa shape index (κ2) is 4.83. The van der Waals surface area contributed by atoms with Crippen LogP contribution < -0.4 is 0 Å². The van der Waals surface area contributed by atoms with Gasteiger partial charge in [-0.15, -0.1) is 0 Å². The summed E-state index contributed by atoms with van der Waals surface area (Å²) >= 11 is 0. The van der Waals surface area contributed by atoms with E-state index in [1.165, 1.54) is 25.7 Å². The Morgan fingerprint density at radius 1 is 1.33 bits per heavy atom. The molecule has 72 valence electrons. The highest BCUT2D eigenvalue weighted by Crippen LogP contribution is 2.32. The van der Waals surface area contributed by atoms with Crippen molar-refractivity contribution in [2.45, 2.75) is 39.5 Å². The van der Waals surface area contributed by atoms with E-state index in [1.807, 2.05) is 0 Å². The predicted octanol–water partition coefficient (Wildman–Crippen LogP) is 2.94. The molecule has 12 heavy (non-hydrogen) atoms. The van der Waals surface area contributed by atoms with Crippen molar-refractivity contribution < 1.29 is 10.1 Å². The molecule has 1 atom stereocenters. The number of hydrogen-bond acceptors (Lipinski definition) is 2. The molecule has 0 heterocycles. The molecule has 0 saturated heterocycles. The van der Waals surface area contributed by atoms with Gasteiger partial charge in [-0.2, -0.15) is 0 Å². The maximum Gasteiger partial charge on any atom is 0.0847 e. The molecule has 1 N–H and O–H groups in total. The van der Waals surface area contributed by atoms with Gasteiger partial charge in [-0.3, -0.25) is 5.26 Å². The lowest BCUT2D eigenvalue weighted by Crippen LogP contribution is -2.21. The van der Waals surface area contributed by atoms with E-state index in [9.17, 15) is 0 Å². The van der Waals surface area contributed by atoms with Crippen LogP contribution in [0.4, 0.5) is 0 Å². The third-order valence-corrected chi connectivity index (χ3v) is 3.20. The summed E-state index contributed by atoms with van der Waals surface area (Å²) in [7, 11) is 0. The summed E-state index contributed by atoms with van der Waals surface area (Å²) in [5.41, 5.74) is 0. The van der Waals surface area contributed by atoms with E-state index in [0.29, 0.717) is 12.5 Å². The minimum absolute atomic E-state index is 0.499. The molecule has 1 saturated carbocycles. The highest BCUT2D eigenvalue weighted by atomic mass is 17.1. The number of rotatable bonds is 3. The zero-order valence-electron chi connectivity index (χ0n) is 8.12. The second-order valence-electron chi connectivity index (χ2n) is 4.29. The summed E-state index contributed by atoms with van der Waals surface area (Å²) in [6.07, 6.45) is 5.32. The topological polar surface area (TPSA) is 29.5 Å². The van der Waals surface area contributed by atoms with Crippen LogP contribution in [0.25, 0.3) is 0 Å². The predicted molar refractivity (Wildman–Crippen MR) is 48.9 cm³/mol. The van der Waals surface area contributed by atoms with Crippen molar-refractivity contribution in [2.75, 3.05) is 6.61 Å². The lowest BCUT2D eigenvalue weighted by atomic mass is 9.77. The van der Waals surface area contributed by atoms with E-state index >= 15 is 0 Å². The first-order valence-corrected chi connectivity index (χ1v) is 5.00. The molecule has 0 aliphatic heterocycles. The van der Waals surface area contributed by atoms with Crippen LogP contribution in [0.3, 0.4) is 0 Å². The van der Waals surface area contributed by atoms with E-state index in [2.05, 4.69) is 18.7 Å². The summed E-state index contributed by atoms with van der Waals surface area (Å²) in [6, 6.07) is 0. The first-order valence-electron chi connectivity index (χ1n) is 5.00. The van der Waals surface area contributed by atoms with Crippen molar-refractivity contribution >= 4 is 0 Å². The molecule has 0 aromatic rings. The fraction of sp³-hybridized carbons (Fsp3) is 1.00. The monoisotopic (exact) mass is 172 g/mol. The molecule has 1 aliphatic carbocycles. The van der Waals surface area contributed by atoms with Crippen LogP contribution in [0, 0.1) is 17.8 Å². The highest BCUT2D eigenvalue weighted by molar-refractivity contribution is 4.73. The largest absolute Gasteiger partial charge is 0.252 e. The molecular weight excluding hydrogens is 152 g/mol. The average molecular weight is 172 g/mol. The van der Waals surface area contributed by atoms with Gasteiger partial charge in [0.15, 0.2) is 0 Å². The molecule has 0 aromatic heterocycles. The van der Waals surface area contributed by atoms with Crippen LogP contribution in [0.1, 0.15) is 39.5 Å². The van der Waals surface area contributed by atoms with Gasteiger partial charge < -0.3 is 0 Å². The van der Waals surface area contributed by atoms with Crippen molar-refractivity contribution in [3.05, 3.63) is 0 Å². The van der Waals surface area contributed by atoms with E-state index in [4.69, 9.17) is 5.26 Å². The maximum atomic E-state index is 8.32. The van der Waals surface area contributed by atoms with Gasteiger partial charge in [-0.25, -0.2) is 4.89 Å². The Morgan fingerprint density at radius 3 is 2.42 bits per heavy atom. The summed E-state index contributed by atoms with van der Waals surface area (Å²) in [6.45, 7) is 4.99. The van der Waals surface area contributed by atoms with Crippen molar-refractivity contribution in [3.63, 3.8) is 0 Å². The third-order valence-electron chi connectivity index (χ3n) is 3.20. The van der Waals surface area contributed by atoms with Gasteiger partial charge >= 0.3 is 0 Å². The molecule has 0 amide bonds. The van der Waals surface area contributed by atoms with E-state index in [-0.39, 0.29) is 0 Å². The normalized spacial score (nSPS) is 33.2. The third kappa shape index (κ3) is 2.76. The maximum absolute atomic E-state index is 8.32. The molecule has 1 aliphatic rings. The van der Waals surface area contributed by atoms with Crippen molar-refractivity contribution in [3.8, 4) is 0 Å². The van der Waals surface area contributed by atoms with Crippen molar-refractivity contribution in [1.29, 1.82) is 0 Å². The van der Waals surface area contributed by atoms with Crippen LogP contribution in [-0.2, 0) is 4.89 Å². The molecule has 0 bridgehead atoms. The van der Waals surface area contributed by atoms with Gasteiger partial charge in [0.25, 0.3) is 0 Å². The number of hydrogen-bond donors (Lipinski definition) is 1. The van der Waals surface area contributed by atoms with Gasteiger partial charge in [0, 0.05) is 0 Å². The Bertz CT molecular complexity index is 117. The fourth-order valence-electron chi connectivity index (χ4n) is 2.11. The average Bonchev–Trinajstić information content (AvgIpc) is 2.06. The van der Waals surface area contributed by atoms with Crippen LogP contribution in [0.2, 0.25) is 0 Å². The molecule has 0 spiro atoms. The molecule has 2 nitrogen and oxygen atoms in total. The van der Waals surface area contributed by atoms with E-state index in [0.717, 1.165) is 11.8 Å². The smallest absolute Gasteiger partial charge is 0.0847 e. The van der Waals surface area contributed by atoms with Gasteiger partial charge in [0.1, 0.15) is 0 Å². The van der Waals surface area contributed by atoms with Crippen LogP contribution in [0.15, 0.2) is 0 Å². The molecule has 1 rings (SSSR count).